The van der Waals surface area contributed by atoms with Crippen LogP contribution in [0.5, 0.6) is 0 Å². The van der Waals surface area contributed by atoms with Crippen LogP contribution in [0.4, 0.5) is 0 Å². The number of rotatable bonds is 5. The second-order valence-corrected chi connectivity index (χ2v) is 6.28. The summed E-state index contributed by atoms with van der Waals surface area (Å²) in [6.45, 7) is 7.56. The van der Waals surface area contributed by atoms with Crippen molar-refractivity contribution in [3.8, 4) is 0 Å². The Morgan fingerprint density at radius 2 is 2.00 bits per heavy atom. The van der Waals surface area contributed by atoms with Gasteiger partial charge in [-0.05, 0) is 51.0 Å². The minimum atomic E-state index is 0.142. The maximum Gasteiger partial charge on any atom is 0.254 e. The van der Waals surface area contributed by atoms with Crippen LogP contribution in [0, 0.1) is 13.8 Å². The molecule has 0 aliphatic rings. The third kappa shape index (κ3) is 3.45. The number of aromatic nitrogens is 1. The fourth-order valence-electron chi connectivity index (χ4n) is 2.23. The van der Waals surface area contributed by atoms with E-state index < -0.39 is 0 Å². The molecule has 2 aromatic heterocycles. The maximum absolute atomic E-state index is 12.6. The Bertz CT molecular complexity index is 577. The van der Waals surface area contributed by atoms with Gasteiger partial charge in [0, 0.05) is 35.2 Å². The van der Waals surface area contributed by atoms with E-state index >= 15 is 0 Å². The Morgan fingerprint density at radius 1 is 1.30 bits per heavy atom. The van der Waals surface area contributed by atoms with Crippen LogP contribution < -0.4 is 0 Å². The van der Waals surface area contributed by atoms with Gasteiger partial charge in [0.15, 0.2) is 0 Å². The average molecular weight is 288 g/mol. The van der Waals surface area contributed by atoms with Crippen LogP contribution in [-0.2, 0) is 6.42 Å². The van der Waals surface area contributed by atoms with E-state index in [-0.39, 0.29) is 5.91 Å². The predicted molar refractivity (Wildman–Crippen MR) is 83.3 cm³/mol. The van der Waals surface area contributed by atoms with Crippen molar-refractivity contribution in [3.63, 3.8) is 0 Å². The number of pyridine rings is 1. The third-order valence-electron chi connectivity index (χ3n) is 3.36. The Morgan fingerprint density at radius 3 is 2.55 bits per heavy atom. The number of aryl methyl sites for hydroxylation is 2. The average Bonchev–Trinajstić information content (AvgIpc) is 2.79. The molecule has 0 fully saturated rings. The summed E-state index contributed by atoms with van der Waals surface area (Å²) in [4.78, 5) is 20.8. The van der Waals surface area contributed by atoms with Crippen LogP contribution >= 0.6 is 11.3 Å². The van der Waals surface area contributed by atoms with Gasteiger partial charge in [-0.3, -0.25) is 9.78 Å². The molecule has 2 aromatic rings. The van der Waals surface area contributed by atoms with E-state index in [1.807, 2.05) is 43.9 Å². The molecule has 2 heterocycles. The lowest BCUT2D eigenvalue weighted by molar-refractivity contribution is 0.0766. The normalized spacial score (nSPS) is 10.6. The molecule has 3 nitrogen and oxygen atoms in total. The molecule has 0 unspecified atom stereocenters. The first kappa shape index (κ1) is 14.7. The van der Waals surface area contributed by atoms with Gasteiger partial charge >= 0.3 is 0 Å². The molecule has 2 rings (SSSR count). The van der Waals surface area contributed by atoms with Gasteiger partial charge in [-0.1, -0.05) is 0 Å². The summed E-state index contributed by atoms with van der Waals surface area (Å²) >= 11 is 1.68. The molecule has 1 amide bonds. The minimum Gasteiger partial charge on any atom is -0.339 e. The van der Waals surface area contributed by atoms with Crippen molar-refractivity contribution in [2.45, 2.75) is 27.2 Å². The molecule has 0 N–H and O–H groups in total. The highest BCUT2D eigenvalue weighted by Crippen LogP contribution is 2.22. The summed E-state index contributed by atoms with van der Waals surface area (Å²) in [5.41, 5.74) is 2.06. The van der Waals surface area contributed by atoms with Gasteiger partial charge in [-0.25, -0.2) is 0 Å². The Balaban J connectivity index is 2.05. The van der Waals surface area contributed by atoms with Crippen molar-refractivity contribution in [1.29, 1.82) is 0 Å². The molecular weight excluding hydrogens is 268 g/mol. The van der Waals surface area contributed by atoms with Crippen molar-refractivity contribution in [3.05, 3.63) is 51.5 Å². The lowest BCUT2D eigenvalue weighted by Crippen LogP contribution is -2.32. The summed E-state index contributed by atoms with van der Waals surface area (Å²) < 4.78 is 0. The molecule has 0 saturated heterocycles. The van der Waals surface area contributed by atoms with Crippen LogP contribution in [0.2, 0.25) is 0 Å². The third-order valence-corrected chi connectivity index (χ3v) is 4.33. The monoisotopic (exact) mass is 288 g/mol. The molecule has 0 aromatic carbocycles. The van der Waals surface area contributed by atoms with E-state index in [1.54, 1.807) is 23.7 Å². The van der Waals surface area contributed by atoms with Crippen LogP contribution in [0.15, 0.2) is 30.6 Å². The zero-order valence-corrected chi connectivity index (χ0v) is 13.0. The van der Waals surface area contributed by atoms with Crippen LogP contribution in [-0.4, -0.2) is 28.9 Å². The van der Waals surface area contributed by atoms with E-state index in [4.69, 9.17) is 0 Å². The van der Waals surface area contributed by atoms with Crippen LogP contribution in [0.1, 0.15) is 32.6 Å². The lowest BCUT2D eigenvalue weighted by atomic mass is 10.1. The number of carbonyl (C=O) groups excluding carboxylic acids is 1. The predicted octanol–water partition coefficient (Wildman–Crippen LogP) is 3.46. The zero-order chi connectivity index (χ0) is 14.5. The maximum atomic E-state index is 12.6. The number of likely N-dealkylation sites (N-methyl/N-ethyl adjacent to an activating group) is 1. The number of nitrogens with zero attached hydrogens (tertiary/aromatic N) is 2. The van der Waals surface area contributed by atoms with E-state index in [0.29, 0.717) is 0 Å². The molecule has 0 atom stereocenters. The molecule has 4 heteroatoms. The Kier molecular flexibility index (Phi) is 4.90. The summed E-state index contributed by atoms with van der Waals surface area (Å²) in [7, 11) is 0. The fourth-order valence-corrected chi connectivity index (χ4v) is 3.15. The number of hydrogen-bond acceptors (Lipinski definition) is 3. The quantitative estimate of drug-likeness (QED) is 0.844. The smallest absolute Gasteiger partial charge is 0.254 e. The number of amides is 1. The van der Waals surface area contributed by atoms with E-state index in [0.717, 1.165) is 30.0 Å². The molecule has 0 radical (unpaired) electrons. The molecule has 0 aliphatic heterocycles. The number of hydrogen-bond donors (Lipinski definition) is 0. The second-order valence-electron chi connectivity index (χ2n) is 4.82. The fraction of sp³-hybridized carbons (Fsp3) is 0.375. The van der Waals surface area contributed by atoms with Gasteiger partial charge < -0.3 is 4.90 Å². The molecule has 0 saturated carbocycles. The van der Waals surface area contributed by atoms with E-state index in [9.17, 15) is 4.79 Å². The first-order valence-electron chi connectivity index (χ1n) is 6.87. The minimum absolute atomic E-state index is 0.142. The summed E-state index contributed by atoms with van der Waals surface area (Å²) in [5, 5.41) is 0. The van der Waals surface area contributed by atoms with Gasteiger partial charge in [0.1, 0.15) is 0 Å². The highest BCUT2D eigenvalue weighted by Gasteiger charge is 2.17. The van der Waals surface area contributed by atoms with Crippen molar-refractivity contribution >= 4 is 17.2 Å². The molecule has 0 spiro atoms. The first-order valence-corrected chi connectivity index (χ1v) is 7.68. The molecule has 0 bridgehead atoms. The Labute approximate surface area is 124 Å². The van der Waals surface area contributed by atoms with Gasteiger partial charge in [-0.15, -0.1) is 11.3 Å². The van der Waals surface area contributed by atoms with E-state index in [2.05, 4.69) is 4.98 Å². The zero-order valence-electron chi connectivity index (χ0n) is 12.2. The number of thiophene rings is 1. The summed E-state index contributed by atoms with van der Waals surface area (Å²) in [6.07, 6.45) is 4.45. The SMILES string of the molecule is CCN(CCc1ccncc1)C(=O)c1cc(C)sc1C. The van der Waals surface area contributed by atoms with Crippen LogP contribution in [0.3, 0.4) is 0 Å². The molecule has 20 heavy (non-hydrogen) atoms. The van der Waals surface area contributed by atoms with Crippen molar-refractivity contribution < 1.29 is 4.79 Å². The van der Waals surface area contributed by atoms with E-state index in [1.165, 1.54) is 10.4 Å². The summed E-state index contributed by atoms with van der Waals surface area (Å²) in [6, 6.07) is 5.99. The van der Waals surface area contributed by atoms with Gasteiger partial charge in [0.2, 0.25) is 0 Å². The summed E-state index contributed by atoms with van der Waals surface area (Å²) in [5.74, 6) is 0.142. The Hall–Kier alpha value is -1.68. The standard InChI is InChI=1S/C16H20N2OS/c1-4-18(10-7-14-5-8-17-9-6-14)16(19)15-11-12(2)20-13(15)3/h5-6,8-9,11H,4,7,10H2,1-3H3. The molecule has 0 aliphatic carbocycles. The van der Waals surface area contributed by atoms with Gasteiger partial charge in [0.05, 0.1) is 5.56 Å². The molecule has 106 valence electrons. The molecular formula is C16H20N2OS. The van der Waals surface area contributed by atoms with Crippen LogP contribution in [0.25, 0.3) is 0 Å². The lowest BCUT2D eigenvalue weighted by Gasteiger charge is -2.20. The highest BCUT2D eigenvalue weighted by atomic mass is 32.1. The largest absolute Gasteiger partial charge is 0.339 e. The highest BCUT2D eigenvalue weighted by molar-refractivity contribution is 7.12. The topological polar surface area (TPSA) is 33.2 Å². The first-order chi connectivity index (χ1) is 9.61. The van der Waals surface area contributed by atoms with Crippen molar-refractivity contribution in [2.24, 2.45) is 0 Å². The van der Waals surface area contributed by atoms with Crippen molar-refractivity contribution in [1.82, 2.24) is 9.88 Å². The van der Waals surface area contributed by atoms with Gasteiger partial charge in [0.25, 0.3) is 5.91 Å². The number of carbonyl (C=O) groups is 1. The van der Waals surface area contributed by atoms with Crippen molar-refractivity contribution in [2.75, 3.05) is 13.1 Å². The van der Waals surface area contributed by atoms with Gasteiger partial charge in [-0.2, -0.15) is 0 Å². The second kappa shape index (κ2) is 6.66.